The molecule has 0 saturated heterocycles. The van der Waals surface area contributed by atoms with Crippen molar-refractivity contribution in [1.29, 1.82) is 5.26 Å². The Balaban J connectivity index is 1.90. The summed E-state index contributed by atoms with van der Waals surface area (Å²) in [5, 5.41) is 14.2. The summed E-state index contributed by atoms with van der Waals surface area (Å²) < 4.78 is 59.9. The lowest BCUT2D eigenvalue weighted by atomic mass is 9.88. The van der Waals surface area contributed by atoms with Gasteiger partial charge in [0.05, 0.1) is 22.9 Å². The zero-order valence-electron chi connectivity index (χ0n) is 16.0. The monoisotopic (exact) mass is 442 g/mol. The van der Waals surface area contributed by atoms with Gasteiger partial charge >= 0.3 is 6.61 Å². The number of primary sulfonamides is 1. The van der Waals surface area contributed by atoms with Gasteiger partial charge < -0.3 is 9.47 Å². The Kier molecular flexibility index (Phi) is 5.35. The van der Waals surface area contributed by atoms with Crippen molar-refractivity contribution in [2.45, 2.75) is 18.5 Å². The summed E-state index contributed by atoms with van der Waals surface area (Å²) in [6, 6.07) is 18.2. The molecule has 0 radical (unpaired) electrons. The van der Waals surface area contributed by atoms with E-state index in [4.69, 9.17) is 15.1 Å². The van der Waals surface area contributed by atoms with E-state index in [9.17, 15) is 17.2 Å². The third kappa shape index (κ3) is 4.35. The zero-order chi connectivity index (χ0) is 22.2. The Morgan fingerprint density at radius 1 is 1.13 bits per heavy atom. The maximum absolute atomic E-state index is 13.0. The predicted octanol–water partition coefficient (Wildman–Crippen LogP) is 4.10. The Labute approximate surface area is 177 Å². The van der Waals surface area contributed by atoms with Gasteiger partial charge in [-0.05, 0) is 41.0 Å². The summed E-state index contributed by atoms with van der Waals surface area (Å²) in [6.07, 6.45) is -0.655. The van der Waals surface area contributed by atoms with Crippen molar-refractivity contribution >= 4 is 10.0 Å². The highest BCUT2D eigenvalue weighted by atomic mass is 32.2. The van der Waals surface area contributed by atoms with Crippen molar-refractivity contribution in [2.24, 2.45) is 5.14 Å². The van der Waals surface area contributed by atoms with Crippen LogP contribution in [0.5, 0.6) is 11.5 Å². The van der Waals surface area contributed by atoms with E-state index in [1.54, 1.807) is 54.6 Å². The number of nitrogens with two attached hydrogens (primary N) is 1. The van der Waals surface area contributed by atoms with Crippen LogP contribution in [0.4, 0.5) is 8.78 Å². The quantitative estimate of drug-likeness (QED) is 0.641. The molecule has 0 aliphatic carbocycles. The third-order valence-corrected chi connectivity index (χ3v) is 5.56. The molecule has 1 aliphatic rings. The summed E-state index contributed by atoms with van der Waals surface area (Å²) in [7, 11) is -3.78. The first kappa shape index (κ1) is 20.8. The normalized spacial score (nSPS) is 14.9. The maximum atomic E-state index is 13.0. The fourth-order valence-corrected chi connectivity index (χ4v) is 4.26. The number of hydrogen-bond donors (Lipinski definition) is 1. The van der Waals surface area contributed by atoms with Crippen LogP contribution in [0.1, 0.15) is 28.4 Å². The minimum Gasteiger partial charge on any atom is -0.480 e. The van der Waals surface area contributed by atoms with Gasteiger partial charge in [-0.2, -0.15) is 14.0 Å². The molecule has 1 heterocycles. The lowest BCUT2D eigenvalue weighted by Gasteiger charge is -2.30. The molecular formula is C22H16F2N2O4S. The molecule has 1 aliphatic heterocycles. The van der Waals surface area contributed by atoms with Crippen molar-refractivity contribution in [3.05, 3.63) is 82.9 Å². The number of benzene rings is 3. The third-order valence-electron chi connectivity index (χ3n) is 4.83. The molecule has 3 aromatic rings. The number of halogens is 2. The maximum Gasteiger partial charge on any atom is 0.387 e. The lowest BCUT2D eigenvalue weighted by molar-refractivity contribution is -0.0496. The molecule has 9 heteroatoms. The van der Waals surface area contributed by atoms with Crippen LogP contribution in [-0.4, -0.2) is 15.0 Å². The predicted molar refractivity (Wildman–Crippen MR) is 109 cm³/mol. The average Bonchev–Trinajstić information content (AvgIpc) is 2.71. The highest BCUT2D eigenvalue weighted by molar-refractivity contribution is 7.88. The average molecular weight is 442 g/mol. The van der Waals surface area contributed by atoms with Crippen molar-refractivity contribution in [3.63, 3.8) is 0 Å². The van der Waals surface area contributed by atoms with Crippen LogP contribution < -0.4 is 14.6 Å². The smallest absolute Gasteiger partial charge is 0.387 e. The largest absolute Gasteiger partial charge is 0.480 e. The lowest BCUT2D eigenvalue weighted by Crippen LogP contribution is -2.18. The molecule has 31 heavy (non-hydrogen) atoms. The molecule has 0 bridgehead atoms. The highest BCUT2D eigenvalue weighted by Crippen LogP contribution is 2.49. The van der Waals surface area contributed by atoms with Crippen LogP contribution in [0.15, 0.2) is 60.7 Å². The molecular weight excluding hydrogens is 426 g/mol. The number of nitriles is 1. The first-order chi connectivity index (χ1) is 14.7. The van der Waals surface area contributed by atoms with Gasteiger partial charge in [0.1, 0.15) is 17.6 Å². The molecule has 0 fully saturated rings. The van der Waals surface area contributed by atoms with Crippen molar-refractivity contribution in [2.75, 3.05) is 0 Å². The zero-order valence-corrected chi connectivity index (χ0v) is 16.8. The number of sulfonamides is 1. The van der Waals surface area contributed by atoms with E-state index in [2.05, 4.69) is 4.74 Å². The second-order valence-electron chi connectivity index (χ2n) is 6.97. The van der Waals surface area contributed by atoms with Gasteiger partial charge in [-0.25, -0.2) is 13.6 Å². The first-order valence-corrected chi connectivity index (χ1v) is 10.8. The topological polar surface area (TPSA) is 102 Å². The SMILES string of the molecule is N#Cc1ccc(C2Oc3cccc(OC(F)F)c3-c3ccc(CS(N)(=O)=O)cc32)cc1. The van der Waals surface area contributed by atoms with Crippen LogP contribution in [0.25, 0.3) is 11.1 Å². The molecule has 0 amide bonds. The molecule has 3 aromatic carbocycles. The standard InChI is InChI=1S/C22H16F2N2O4S/c23-22(24)30-19-3-1-2-18-20(19)16-9-6-14(12-31(26,27)28)10-17(16)21(29-18)15-7-4-13(11-25)5-8-15/h1-10,21-22H,12H2,(H2,26,27,28). The molecule has 0 saturated carbocycles. The van der Waals surface area contributed by atoms with Crippen LogP contribution in [0.2, 0.25) is 0 Å². The minimum atomic E-state index is -3.78. The van der Waals surface area contributed by atoms with Crippen molar-refractivity contribution in [1.82, 2.24) is 0 Å². The van der Waals surface area contributed by atoms with E-state index in [1.165, 1.54) is 6.07 Å². The van der Waals surface area contributed by atoms with Crippen molar-refractivity contribution in [3.8, 4) is 28.7 Å². The second-order valence-corrected chi connectivity index (χ2v) is 8.58. The molecule has 1 atom stereocenters. The van der Waals surface area contributed by atoms with E-state index in [0.29, 0.717) is 39.1 Å². The summed E-state index contributed by atoms with van der Waals surface area (Å²) in [6.45, 7) is -3.02. The Morgan fingerprint density at radius 2 is 1.87 bits per heavy atom. The number of fused-ring (bicyclic) bond motifs is 3. The summed E-state index contributed by atoms with van der Waals surface area (Å²) in [5.74, 6) is -0.0898. The summed E-state index contributed by atoms with van der Waals surface area (Å²) in [4.78, 5) is 0. The van der Waals surface area contributed by atoms with Gasteiger partial charge in [0, 0.05) is 5.56 Å². The van der Waals surface area contributed by atoms with Gasteiger partial charge in [0.15, 0.2) is 0 Å². The molecule has 0 aromatic heterocycles. The van der Waals surface area contributed by atoms with E-state index in [1.807, 2.05) is 6.07 Å². The van der Waals surface area contributed by atoms with E-state index < -0.39 is 22.7 Å². The second kappa shape index (κ2) is 7.98. The number of rotatable bonds is 5. The van der Waals surface area contributed by atoms with E-state index >= 15 is 0 Å². The molecule has 6 nitrogen and oxygen atoms in total. The number of nitrogens with zero attached hydrogens (tertiary/aromatic N) is 1. The van der Waals surface area contributed by atoms with Crippen LogP contribution in [-0.2, 0) is 15.8 Å². The van der Waals surface area contributed by atoms with Gasteiger partial charge in [-0.3, -0.25) is 0 Å². The fraction of sp³-hybridized carbons (Fsp3) is 0.136. The molecule has 158 valence electrons. The van der Waals surface area contributed by atoms with Gasteiger partial charge in [0.2, 0.25) is 10.0 Å². The number of alkyl halides is 2. The Morgan fingerprint density at radius 3 is 2.52 bits per heavy atom. The highest BCUT2D eigenvalue weighted by Gasteiger charge is 2.31. The van der Waals surface area contributed by atoms with Crippen LogP contribution in [0, 0.1) is 11.3 Å². The Bertz CT molecular complexity index is 1290. The van der Waals surface area contributed by atoms with Gasteiger partial charge in [0.25, 0.3) is 0 Å². The summed E-state index contributed by atoms with van der Waals surface area (Å²) >= 11 is 0. The Hall–Kier alpha value is -3.48. The molecule has 0 spiro atoms. The van der Waals surface area contributed by atoms with E-state index in [0.717, 1.165) is 0 Å². The van der Waals surface area contributed by atoms with E-state index in [-0.39, 0.29) is 11.5 Å². The van der Waals surface area contributed by atoms with Gasteiger partial charge in [-0.1, -0.05) is 36.4 Å². The fourth-order valence-electron chi connectivity index (χ4n) is 3.62. The van der Waals surface area contributed by atoms with Crippen LogP contribution in [0.3, 0.4) is 0 Å². The van der Waals surface area contributed by atoms with Crippen LogP contribution >= 0.6 is 0 Å². The molecule has 4 rings (SSSR count). The van der Waals surface area contributed by atoms with Gasteiger partial charge in [-0.15, -0.1) is 0 Å². The van der Waals surface area contributed by atoms with Crippen molar-refractivity contribution < 1.29 is 26.7 Å². The number of hydrogen-bond acceptors (Lipinski definition) is 5. The number of ether oxygens (including phenoxy) is 2. The molecule has 1 unspecified atom stereocenters. The summed E-state index contributed by atoms with van der Waals surface area (Å²) in [5.41, 5.74) is 3.10. The molecule has 2 N–H and O–H groups in total. The minimum absolute atomic E-state index is 0.0498. The first-order valence-electron chi connectivity index (χ1n) is 9.13.